The number of nitrogens with one attached hydrogen (secondary N) is 2. The van der Waals surface area contributed by atoms with Gasteiger partial charge in [-0.1, -0.05) is 12.1 Å². The second kappa shape index (κ2) is 10.7. The average Bonchev–Trinajstić information content (AvgIpc) is 2.96. The average molecular weight is 451 g/mol. The molecule has 3 rings (SSSR count). The van der Waals surface area contributed by atoms with E-state index in [4.69, 9.17) is 12.2 Å². The minimum Gasteiger partial charge on any atom is -0.348 e. The van der Waals surface area contributed by atoms with Crippen LogP contribution >= 0.6 is 24.0 Å². The summed E-state index contributed by atoms with van der Waals surface area (Å²) in [5, 5.41) is 6.50. The molecular weight excluding hydrogens is 426 g/mol. The van der Waals surface area contributed by atoms with Crippen molar-refractivity contribution >= 4 is 46.4 Å². The van der Waals surface area contributed by atoms with Gasteiger partial charge in [-0.15, -0.1) is 11.8 Å². The highest BCUT2D eigenvalue weighted by molar-refractivity contribution is 7.98. The molecule has 1 aliphatic heterocycles. The molecule has 0 bridgehead atoms. The van der Waals surface area contributed by atoms with Crippen molar-refractivity contribution in [2.24, 2.45) is 0 Å². The molecule has 0 radical (unpaired) electrons. The van der Waals surface area contributed by atoms with Crippen LogP contribution < -0.4 is 10.6 Å². The number of thioether (sulfide) groups is 1. The van der Waals surface area contributed by atoms with Crippen molar-refractivity contribution in [1.29, 1.82) is 0 Å². The number of benzene rings is 2. The zero-order valence-electron chi connectivity index (χ0n) is 16.7. The number of hydrogen-bond donors (Lipinski definition) is 2. The summed E-state index contributed by atoms with van der Waals surface area (Å²) < 4.78 is 26.7. The van der Waals surface area contributed by atoms with Crippen molar-refractivity contribution < 1.29 is 13.6 Å². The van der Waals surface area contributed by atoms with Crippen LogP contribution in [-0.2, 0) is 4.79 Å². The van der Waals surface area contributed by atoms with Gasteiger partial charge in [-0.3, -0.25) is 9.69 Å². The van der Waals surface area contributed by atoms with Crippen molar-refractivity contribution in [2.45, 2.75) is 11.3 Å². The number of halogens is 2. The predicted octanol–water partition coefficient (Wildman–Crippen LogP) is 4.03. The molecule has 1 aliphatic rings. The van der Waals surface area contributed by atoms with Gasteiger partial charge in [0.2, 0.25) is 5.91 Å². The molecule has 0 aliphatic carbocycles. The van der Waals surface area contributed by atoms with Gasteiger partial charge in [0.25, 0.3) is 0 Å². The number of para-hydroxylation sites is 1. The molecule has 1 amide bonds. The first-order valence-corrected chi connectivity index (χ1v) is 11.3. The molecule has 2 aromatic carbocycles. The molecule has 0 aromatic heterocycles. The van der Waals surface area contributed by atoms with E-state index in [1.54, 1.807) is 11.8 Å². The number of thiocarbonyl (C=S) groups is 1. The Hall–Kier alpha value is -2.23. The summed E-state index contributed by atoms with van der Waals surface area (Å²) in [6.45, 7) is 3.01. The van der Waals surface area contributed by atoms with Gasteiger partial charge in [-0.2, -0.15) is 0 Å². The molecule has 1 heterocycles. The number of carbonyl (C=O) groups excluding carboxylic acids is 1. The maximum Gasteiger partial charge on any atom is 0.238 e. The van der Waals surface area contributed by atoms with E-state index in [1.165, 1.54) is 6.07 Å². The SMILES string of the molecule is CSc1ccccc1NC(=S)N1CCCN(CC(=O)Nc2ccc(F)cc2F)CC1. The van der Waals surface area contributed by atoms with Gasteiger partial charge >= 0.3 is 0 Å². The molecule has 2 aromatic rings. The summed E-state index contributed by atoms with van der Waals surface area (Å²) in [4.78, 5) is 17.5. The quantitative estimate of drug-likeness (QED) is 0.530. The Morgan fingerprint density at radius 1 is 1.07 bits per heavy atom. The van der Waals surface area contributed by atoms with Crippen molar-refractivity contribution in [3.8, 4) is 0 Å². The number of nitrogens with zero attached hydrogens (tertiary/aromatic N) is 2. The summed E-state index contributed by atoms with van der Waals surface area (Å²) >= 11 is 7.25. The van der Waals surface area contributed by atoms with Crippen LogP contribution in [0.15, 0.2) is 47.4 Å². The van der Waals surface area contributed by atoms with Crippen molar-refractivity contribution in [2.75, 3.05) is 49.6 Å². The number of rotatable bonds is 5. The van der Waals surface area contributed by atoms with E-state index in [-0.39, 0.29) is 18.1 Å². The molecule has 0 atom stereocenters. The lowest BCUT2D eigenvalue weighted by atomic mass is 10.3. The Labute approximate surface area is 184 Å². The Kier molecular flexibility index (Phi) is 8.01. The first-order valence-electron chi connectivity index (χ1n) is 9.62. The van der Waals surface area contributed by atoms with Crippen LogP contribution in [0.1, 0.15) is 6.42 Å². The first kappa shape index (κ1) is 22.5. The Balaban J connectivity index is 1.51. The Bertz CT molecular complexity index is 912. The minimum atomic E-state index is -0.785. The van der Waals surface area contributed by atoms with E-state index in [1.807, 2.05) is 35.4 Å². The molecule has 30 heavy (non-hydrogen) atoms. The molecule has 0 spiro atoms. The smallest absolute Gasteiger partial charge is 0.238 e. The van der Waals surface area contributed by atoms with Crippen LogP contribution in [0.3, 0.4) is 0 Å². The van der Waals surface area contributed by atoms with Crippen LogP contribution in [0.5, 0.6) is 0 Å². The Morgan fingerprint density at radius 3 is 2.63 bits per heavy atom. The zero-order valence-corrected chi connectivity index (χ0v) is 18.3. The summed E-state index contributed by atoms with van der Waals surface area (Å²) in [6.07, 6.45) is 2.88. The van der Waals surface area contributed by atoms with Gasteiger partial charge in [0.15, 0.2) is 5.11 Å². The van der Waals surface area contributed by atoms with Gasteiger partial charge in [0, 0.05) is 37.1 Å². The third kappa shape index (κ3) is 6.13. The van der Waals surface area contributed by atoms with Gasteiger partial charge < -0.3 is 15.5 Å². The lowest BCUT2D eigenvalue weighted by molar-refractivity contribution is -0.117. The van der Waals surface area contributed by atoms with Gasteiger partial charge in [0.1, 0.15) is 11.6 Å². The number of amides is 1. The van der Waals surface area contributed by atoms with Crippen LogP contribution in [-0.4, -0.2) is 59.8 Å². The highest BCUT2D eigenvalue weighted by atomic mass is 32.2. The van der Waals surface area contributed by atoms with Crippen LogP contribution in [0.2, 0.25) is 0 Å². The highest BCUT2D eigenvalue weighted by Gasteiger charge is 2.20. The first-order chi connectivity index (χ1) is 14.5. The molecule has 5 nitrogen and oxygen atoms in total. The molecule has 0 saturated carbocycles. The van der Waals surface area contributed by atoms with Crippen molar-refractivity contribution in [1.82, 2.24) is 9.80 Å². The maximum absolute atomic E-state index is 13.7. The van der Waals surface area contributed by atoms with E-state index in [0.717, 1.165) is 42.2 Å². The number of anilines is 2. The van der Waals surface area contributed by atoms with Gasteiger partial charge in [-0.25, -0.2) is 8.78 Å². The number of carbonyl (C=O) groups is 1. The summed E-state index contributed by atoms with van der Waals surface area (Å²) in [5.41, 5.74) is 0.965. The molecule has 1 saturated heterocycles. The third-order valence-electron chi connectivity index (χ3n) is 4.80. The summed E-state index contributed by atoms with van der Waals surface area (Å²) in [5.74, 6) is -1.79. The molecule has 0 unspecified atom stereocenters. The van der Waals surface area contributed by atoms with Gasteiger partial charge in [-0.05, 0) is 49.2 Å². The predicted molar refractivity (Wildman–Crippen MR) is 122 cm³/mol. The lowest BCUT2D eigenvalue weighted by Crippen LogP contribution is -2.39. The monoisotopic (exact) mass is 450 g/mol. The molecule has 1 fully saturated rings. The largest absolute Gasteiger partial charge is 0.348 e. The zero-order chi connectivity index (χ0) is 21.5. The fourth-order valence-corrected chi connectivity index (χ4v) is 4.10. The number of hydrogen-bond acceptors (Lipinski definition) is 4. The standard InChI is InChI=1S/C21H24F2N4OS2/c1-30-19-6-3-2-5-18(19)25-21(29)27-10-4-9-26(11-12-27)14-20(28)24-17-8-7-15(22)13-16(17)23/h2-3,5-8,13H,4,9-12,14H2,1H3,(H,24,28)(H,25,29). The van der Waals surface area contributed by atoms with E-state index in [2.05, 4.69) is 15.5 Å². The second-order valence-electron chi connectivity index (χ2n) is 6.92. The van der Waals surface area contributed by atoms with E-state index in [9.17, 15) is 13.6 Å². The van der Waals surface area contributed by atoms with E-state index >= 15 is 0 Å². The maximum atomic E-state index is 13.7. The minimum absolute atomic E-state index is 0.0179. The van der Waals surface area contributed by atoms with Crippen molar-refractivity contribution in [3.05, 3.63) is 54.1 Å². The molecule has 160 valence electrons. The normalized spacial score (nSPS) is 14.8. The van der Waals surface area contributed by atoms with Crippen LogP contribution in [0, 0.1) is 11.6 Å². The fraction of sp³-hybridized carbons (Fsp3) is 0.333. The third-order valence-corrected chi connectivity index (χ3v) is 5.95. The van der Waals surface area contributed by atoms with Crippen LogP contribution in [0.4, 0.5) is 20.2 Å². The highest BCUT2D eigenvalue weighted by Crippen LogP contribution is 2.25. The topological polar surface area (TPSA) is 47.6 Å². The van der Waals surface area contributed by atoms with Gasteiger partial charge in [0.05, 0.1) is 17.9 Å². The van der Waals surface area contributed by atoms with E-state index in [0.29, 0.717) is 18.2 Å². The molecule has 2 N–H and O–H groups in total. The Morgan fingerprint density at radius 2 is 1.87 bits per heavy atom. The fourth-order valence-electron chi connectivity index (χ4n) is 3.26. The van der Waals surface area contributed by atoms with E-state index < -0.39 is 11.6 Å². The summed E-state index contributed by atoms with van der Waals surface area (Å²) in [6, 6.07) is 11.1. The second-order valence-corrected chi connectivity index (χ2v) is 8.15. The molecular formula is C21H24F2N4OS2. The van der Waals surface area contributed by atoms with Crippen LogP contribution in [0.25, 0.3) is 0 Å². The molecule has 9 heteroatoms. The van der Waals surface area contributed by atoms with Crippen molar-refractivity contribution in [3.63, 3.8) is 0 Å². The lowest BCUT2D eigenvalue weighted by Gasteiger charge is -2.25. The summed E-state index contributed by atoms with van der Waals surface area (Å²) in [7, 11) is 0.